The van der Waals surface area contributed by atoms with Crippen molar-refractivity contribution in [3.05, 3.63) is 0 Å². The normalized spacial score (nSPS) is 17.4. The van der Waals surface area contributed by atoms with Gasteiger partial charge in [0.1, 0.15) is 0 Å². The Morgan fingerprint density at radius 1 is 1.12 bits per heavy atom. The minimum Gasteiger partial charge on any atom is -0.379 e. The average molecular weight is 229 g/mol. The van der Waals surface area contributed by atoms with Crippen molar-refractivity contribution in [2.75, 3.05) is 26.3 Å². The van der Waals surface area contributed by atoms with Crippen LogP contribution in [-0.4, -0.2) is 38.5 Å². The minimum absolute atomic E-state index is 0.352. The van der Waals surface area contributed by atoms with E-state index in [0.717, 1.165) is 32.7 Å². The molecule has 0 aromatic heterocycles. The molecule has 1 aliphatic carbocycles. The zero-order valence-electron chi connectivity index (χ0n) is 10.8. The Labute approximate surface area is 99.9 Å². The van der Waals surface area contributed by atoms with Crippen molar-refractivity contribution in [2.45, 2.75) is 58.2 Å². The summed E-state index contributed by atoms with van der Waals surface area (Å²) in [6.45, 7) is 7.86. The molecule has 3 nitrogen and oxygen atoms in total. The highest BCUT2D eigenvalue weighted by molar-refractivity contribution is 4.66. The molecule has 0 aromatic rings. The fraction of sp³-hybridized carbons (Fsp3) is 1.00. The second kappa shape index (κ2) is 8.97. The summed E-state index contributed by atoms with van der Waals surface area (Å²) in [5, 5.41) is 3.38. The van der Waals surface area contributed by atoms with Gasteiger partial charge < -0.3 is 14.8 Å². The first-order chi connectivity index (χ1) is 7.79. The second-order valence-electron chi connectivity index (χ2n) is 4.80. The van der Waals surface area contributed by atoms with Crippen LogP contribution in [0.1, 0.15) is 46.0 Å². The summed E-state index contributed by atoms with van der Waals surface area (Å²) in [6, 6.07) is 0. The standard InChI is InChI=1S/C13H27NO2/c1-12(2)15-10-5-8-14-9-11-16-13-6-3-4-7-13/h12-14H,3-11H2,1-2H3. The fourth-order valence-electron chi connectivity index (χ4n) is 1.99. The Balaban J connectivity index is 1.74. The maximum absolute atomic E-state index is 5.75. The Morgan fingerprint density at radius 3 is 2.56 bits per heavy atom. The van der Waals surface area contributed by atoms with Crippen LogP contribution in [0.2, 0.25) is 0 Å². The smallest absolute Gasteiger partial charge is 0.0594 e. The van der Waals surface area contributed by atoms with Gasteiger partial charge >= 0.3 is 0 Å². The van der Waals surface area contributed by atoms with Crippen LogP contribution in [-0.2, 0) is 9.47 Å². The number of hydrogen-bond acceptors (Lipinski definition) is 3. The van der Waals surface area contributed by atoms with Gasteiger partial charge in [-0.15, -0.1) is 0 Å². The van der Waals surface area contributed by atoms with Gasteiger partial charge in [-0.25, -0.2) is 0 Å². The van der Waals surface area contributed by atoms with E-state index in [2.05, 4.69) is 19.2 Å². The maximum Gasteiger partial charge on any atom is 0.0594 e. The van der Waals surface area contributed by atoms with Crippen LogP contribution in [0.3, 0.4) is 0 Å². The van der Waals surface area contributed by atoms with Crippen LogP contribution in [0, 0.1) is 0 Å². The van der Waals surface area contributed by atoms with E-state index in [1.165, 1.54) is 25.7 Å². The van der Waals surface area contributed by atoms with Crippen LogP contribution in [0.4, 0.5) is 0 Å². The molecular weight excluding hydrogens is 202 g/mol. The van der Waals surface area contributed by atoms with E-state index in [4.69, 9.17) is 9.47 Å². The van der Waals surface area contributed by atoms with Gasteiger partial charge in [-0.2, -0.15) is 0 Å². The van der Waals surface area contributed by atoms with E-state index in [-0.39, 0.29) is 0 Å². The highest BCUT2D eigenvalue weighted by Crippen LogP contribution is 2.20. The highest BCUT2D eigenvalue weighted by Gasteiger charge is 2.14. The van der Waals surface area contributed by atoms with Crippen molar-refractivity contribution >= 4 is 0 Å². The van der Waals surface area contributed by atoms with Crippen molar-refractivity contribution in [3.8, 4) is 0 Å². The molecule has 1 rings (SSSR count). The van der Waals surface area contributed by atoms with Crippen LogP contribution in [0.5, 0.6) is 0 Å². The predicted octanol–water partition coefficient (Wildman–Crippen LogP) is 2.35. The summed E-state index contributed by atoms with van der Waals surface area (Å²) >= 11 is 0. The zero-order valence-corrected chi connectivity index (χ0v) is 10.8. The first-order valence-electron chi connectivity index (χ1n) is 6.73. The van der Waals surface area contributed by atoms with Gasteiger partial charge in [0.2, 0.25) is 0 Å². The van der Waals surface area contributed by atoms with E-state index in [0.29, 0.717) is 12.2 Å². The number of rotatable bonds is 9. The molecule has 1 saturated carbocycles. The largest absolute Gasteiger partial charge is 0.379 e. The van der Waals surface area contributed by atoms with E-state index in [1.54, 1.807) is 0 Å². The quantitative estimate of drug-likeness (QED) is 0.616. The second-order valence-corrected chi connectivity index (χ2v) is 4.80. The highest BCUT2D eigenvalue weighted by atomic mass is 16.5. The average Bonchev–Trinajstić information content (AvgIpc) is 2.74. The third kappa shape index (κ3) is 7.20. The van der Waals surface area contributed by atoms with E-state index in [1.807, 2.05) is 0 Å². The molecule has 0 bridgehead atoms. The molecule has 1 N–H and O–H groups in total. The number of hydrogen-bond donors (Lipinski definition) is 1. The summed E-state index contributed by atoms with van der Waals surface area (Å²) in [4.78, 5) is 0. The summed E-state index contributed by atoms with van der Waals surface area (Å²) in [7, 11) is 0. The lowest BCUT2D eigenvalue weighted by atomic mass is 10.3. The first kappa shape index (κ1) is 13.9. The molecule has 96 valence electrons. The predicted molar refractivity (Wildman–Crippen MR) is 66.8 cm³/mol. The zero-order chi connectivity index (χ0) is 11.6. The first-order valence-corrected chi connectivity index (χ1v) is 6.73. The van der Waals surface area contributed by atoms with Crippen LogP contribution in [0.25, 0.3) is 0 Å². The number of nitrogens with one attached hydrogen (secondary N) is 1. The Hall–Kier alpha value is -0.120. The molecule has 0 aliphatic heterocycles. The van der Waals surface area contributed by atoms with Gasteiger partial charge in [-0.05, 0) is 39.7 Å². The van der Waals surface area contributed by atoms with Gasteiger partial charge in [0, 0.05) is 13.2 Å². The van der Waals surface area contributed by atoms with Gasteiger partial charge in [-0.1, -0.05) is 12.8 Å². The van der Waals surface area contributed by atoms with Gasteiger partial charge in [0.15, 0.2) is 0 Å². The molecule has 0 amide bonds. The van der Waals surface area contributed by atoms with Crippen LogP contribution >= 0.6 is 0 Å². The van der Waals surface area contributed by atoms with Crippen molar-refractivity contribution in [3.63, 3.8) is 0 Å². The molecule has 0 saturated heterocycles. The van der Waals surface area contributed by atoms with Gasteiger partial charge in [-0.3, -0.25) is 0 Å². The molecule has 16 heavy (non-hydrogen) atoms. The van der Waals surface area contributed by atoms with Crippen molar-refractivity contribution < 1.29 is 9.47 Å². The molecular formula is C13H27NO2. The third-order valence-electron chi connectivity index (χ3n) is 2.88. The lowest BCUT2D eigenvalue weighted by Gasteiger charge is -2.11. The van der Waals surface area contributed by atoms with Crippen molar-refractivity contribution in [1.82, 2.24) is 5.32 Å². The Bertz CT molecular complexity index is 156. The van der Waals surface area contributed by atoms with E-state index < -0.39 is 0 Å². The van der Waals surface area contributed by atoms with Crippen LogP contribution in [0.15, 0.2) is 0 Å². The van der Waals surface area contributed by atoms with E-state index in [9.17, 15) is 0 Å². The lowest BCUT2D eigenvalue weighted by molar-refractivity contribution is 0.0584. The van der Waals surface area contributed by atoms with Gasteiger partial charge in [0.05, 0.1) is 18.8 Å². The van der Waals surface area contributed by atoms with Crippen molar-refractivity contribution in [1.29, 1.82) is 0 Å². The molecule has 0 radical (unpaired) electrons. The summed E-state index contributed by atoms with van der Waals surface area (Å²) in [5.41, 5.74) is 0. The van der Waals surface area contributed by atoms with Crippen molar-refractivity contribution in [2.24, 2.45) is 0 Å². The monoisotopic (exact) mass is 229 g/mol. The number of ether oxygens (including phenoxy) is 2. The fourth-order valence-corrected chi connectivity index (χ4v) is 1.99. The SMILES string of the molecule is CC(C)OCCCNCCOC1CCCC1. The lowest BCUT2D eigenvalue weighted by Crippen LogP contribution is -2.24. The summed E-state index contributed by atoms with van der Waals surface area (Å²) < 4.78 is 11.2. The molecule has 1 fully saturated rings. The van der Waals surface area contributed by atoms with Gasteiger partial charge in [0.25, 0.3) is 0 Å². The molecule has 0 atom stereocenters. The molecule has 0 aromatic carbocycles. The molecule has 0 spiro atoms. The Morgan fingerprint density at radius 2 is 1.88 bits per heavy atom. The summed E-state index contributed by atoms with van der Waals surface area (Å²) in [5.74, 6) is 0. The Kier molecular flexibility index (Phi) is 7.81. The van der Waals surface area contributed by atoms with E-state index >= 15 is 0 Å². The summed E-state index contributed by atoms with van der Waals surface area (Å²) in [6.07, 6.45) is 7.22. The minimum atomic E-state index is 0.352. The van der Waals surface area contributed by atoms with Crippen LogP contribution < -0.4 is 5.32 Å². The maximum atomic E-state index is 5.75. The molecule has 0 heterocycles. The molecule has 1 aliphatic rings. The third-order valence-corrected chi connectivity index (χ3v) is 2.88. The molecule has 3 heteroatoms. The topological polar surface area (TPSA) is 30.5 Å². The molecule has 0 unspecified atom stereocenters.